The molecule has 0 aliphatic rings. The highest BCUT2D eigenvalue weighted by Gasteiger charge is 2.17. The SMILES string of the molecule is Cc1cnn(CCNS(=O)(=O)c2cc(CN)ccc2Cl)c1. The summed E-state index contributed by atoms with van der Waals surface area (Å²) in [6, 6.07) is 4.73. The number of sulfonamides is 1. The van der Waals surface area contributed by atoms with E-state index in [0.717, 1.165) is 5.56 Å². The standard InChI is InChI=1S/C13H17ClN4O2S/c1-10-8-16-18(9-10)5-4-17-21(19,20)13-6-11(7-15)2-3-12(13)14/h2-3,6,8-9,17H,4-5,7,15H2,1H3. The van der Waals surface area contributed by atoms with Gasteiger partial charge >= 0.3 is 0 Å². The van der Waals surface area contributed by atoms with E-state index in [1.54, 1.807) is 16.9 Å². The van der Waals surface area contributed by atoms with Gasteiger partial charge in [-0.3, -0.25) is 4.68 Å². The van der Waals surface area contributed by atoms with Gasteiger partial charge in [0.05, 0.1) is 17.8 Å². The molecule has 8 heteroatoms. The van der Waals surface area contributed by atoms with Gasteiger partial charge in [-0.15, -0.1) is 0 Å². The monoisotopic (exact) mass is 328 g/mol. The van der Waals surface area contributed by atoms with Gasteiger partial charge in [0.25, 0.3) is 0 Å². The molecule has 1 aromatic carbocycles. The van der Waals surface area contributed by atoms with Gasteiger partial charge in [-0.1, -0.05) is 17.7 Å². The highest BCUT2D eigenvalue weighted by Crippen LogP contribution is 2.22. The summed E-state index contributed by atoms with van der Waals surface area (Å²) in [4.78, 5) is 0.0452. The van der Waals surface area contributed by atoms with Gasteiger partial charge < -0.3 is 5.73 Å². The van der Waals surface area contributed by atoms with Crippen LogP contribution >= 0.6 is 11.6 Å². The third-order valence-corrected chi connectivity index (χ3v) is 4.86. The number of halogens is 1. The van der Waals surface area contributed by atoms with E-state index in [4.69, 9.17) is 17.3 Å². The van der Waals surface area contributed by atoms with Crippen LogP contribution in [0.4, 0.5) is 0 Å². The summed E-state index contributed by atoms with van der Waals surface area (Å²) in [6.07, 6.45) is 3.56. The van der Waals surface area contributed by atoms with Crippen LogP contribution < -0.4 is 10.5 Å². The Hall–Kier alpha value is -1.41. The Morgan fingerprint density at radius 3 is 2.81 bits per heavy atom. The van der Waals surface area contributed by atoms with E-state index < -0.39 is 10.0 Å². The average Bonchev–Trinajstić information content (AvgIpc) is 2.84. The molecule has 3 N–H and O–H groups in total. The second-order valence-electron chi connectivity index (χ2n) is 4.65. The average molecular weight is 329 g/mol. The number of nitrogens with zero attached hydrogens (tertiary/aromatic N) is 2. The highest BCUT2D eigenvalue weighted by molar-refractivity contribution is 7.89. The van der Waals surface area contributed by atoms with E-state index >= 15 is 0 Å². The summed E-state index contributed by atoms with van der Waals surface area (Å²) in [5.74, 6) is 0. The normalized spacial score (nSPS) is 11.8. The molecule has 0 aliphatic carbocycles. The first-order valence-corrected chi connectivity index (χ1v) is 8.26. The minimum Gasteiger partial charge on any atom is -0.326 e. The molecular weight excluding hydrogens is 312 g/mol. The van der Waals surface area contributed by atoms with Crippen molar-refractivity contribution in [1.29, 1.82) is 0 Å². The van der Waals surface area contributed by atoms with Crippen molar-refractivity contribution < 1.29 is 8.42 Å². The van der Waals surface area contributed by atoms with Gasteiger partial charge in [-0.2, -0.15) is 5.10 Å². The summed E-state index contributed by atoms with van der Waals surface area (Å²) in [7, 11) is -3.67. The topological polar surface area (TPSA) is 90.0 Å². The third kappa shape index (κ3) is 4.04. The number of benzene rings is 1. The van der Waals surface area contributed by atoms with Gasteiger partial charge in [0.15, 0.2) is 0 Å². The molecule has 1 aromatic heterocycles. The smallest absolute Gasteiger partial charge is 0.242 e. The van der Waals surface area contributed by atoms with Crippen molar-refractivity contribution in [3.8, 4) is 0 Å². The maximum absolute atomic E-state index is 12.3. The van der Waals surface area contributed by atoms with Crippen molar-refractivity contribution in [1.82, 2.24) is 14.5 Å². The Kier molecular flexibility index (Phi) is 5.00. The van der Waals surface area contributed by atoms with Crippen LogP contribution in [0.5, 0.6) is 0 Å². The van der Waals surface area contributed by atoms with Crippen LogP contribution in [0.2, 0.25) is 5.02 Å². The second kappa shape index (κ2) is 6.57. The van der Waals surface area contributed by atoms with E-state index in [1.807, 2.05) is 13.1 Å². The minimum absolute atomic E-state index is 0.0452. The fraction of sp³-hybridized carbons (Fsp3) is 0.308. The molecule has 2 rings (SSSR count). The highest BCUT2D eigenvalue weighted by atomic mass is 35.5. The molecule has 0 unspecified atom stereocenters. The molecule has 0 fully saturated rings. The molecule has 1 heterocycles. The Balaban J connectivity index is 2.07. The molecule has 0 amide bonds. The lowest BCUT2D eigenvalue weighted by molar-refractivity contribution is 0.560. The van der Waals surface area contributed by atoms with Crippen LogP contribution in [0, 0.1) is 6.92 Å². The molecule has 0 spiro atoms. The summed E-state index contributed by atoms with van der Waals surface area (Å²) < 4.78 is 28.7. The number of hydrogen-bond acceptors (Lipinski definition) is 4. The first kappa shape index (κ1) is 16.0. The number of rotatable bonds is 6. The van der Waals surface area contributed by atoms with Gasteiger partial charge in [0, 0.05) is 19.3 Å². The number of nitrogens with one attached hydrogen (secondary N) is 1. The molecule has 0 saturated carbocycles. The first-order chi connectivity index (χ1) is 9.92. The van der Waals surface area contributed by atoms with Crippen molar-refractivity contribution in [3.05, 3.63) is 46.7 Å². The number of aryl methyl sites for hydroxylation is 1. The van der Waals surface area contributed by atoms with Crippen LogP contribution in [0.25, 0.3) is 0 Å². The Labute approximate surface area is 129 Å². The number of nitrogens with two attached hydrogens (primary N) is 1. The summed E-state index contributed by atoms with van der Waals surface area (Å²) in [5, 5.41) is 4.27. The van der Waals surface area contributed by atoms with E-state index in [0.29, 0.717) is 12.1 Å². The lowest BCUT2D eigenvalue weighted by atomic mass is 10.2. The molecule has 114 valence electrons. The predicted octanol–water partition coefficient (Wildman–Crippen LogP) is 1.28. The van der Waals surface area contributed by atoms with Crippen LogP contribution in [-0.2, 0) is 23.1 Å². The van der Waals surface area contributed by atoms with Gasteiger partial charge in [0.1, 0.15) is 4.90 Å². The molecule has 6 nitrogen and oxygen atoms in total. The third-order valence-electron chi connectivity index (χ3n) is 2.92. The van der Waals surface area contributed by atoms with E-state index in [-0.39, 0.29) is 23.0 Å². The zero-order valence-electron chi connectivity index (χ0n) is 11.6. The summed E-state index contributed by atoms with van der Waals surface area (Å²) >= 11 is 5.96. The first-order valence-electron chi connectivity index (χ1n) is 6.39. The van der Waals surface area contributed by atoms with Crippen molar-refractivity contribution in [2.24, 2.45) is 5.73 Å². The van der Waals surface area contributed by atoms with Gasteiger partial charge in [-0.25, -0.2) is 13.1 Å². The fourth-order valence-corrected chi connectivity index (χ4v) is 3.41. The summed E-state index contributed by atoms with van der Waals surface area (Å²) in [6.45, 7) is 2.85. The lowest BCUT2D eigenvalue weighted by Crippen LogP contribution is -2.28. The Bertz CT molecular complexity index is 728. The molecular formula is C13H17ClN4O2S. The Morgan fingerprint density at radius 2 is 2.19 bits per heavy atom. The molecule has 0 bridgehead atoms. The maximum Gasteiger partial charge on any atom is 0.242 e. The molecule has 0 radical (unpaired) electrons. The van der Waals surface area contributed by atoms with Crippen molar-refractivity contribution >= 4 is 21.6 Å². The number of hydrogen-bond donors (Lipinski definition) is 2. The zero-order chi connectivity index (χ0) is 15.5. The zero-order valence-corrected chi connectivity index (χ0v) is 13.2. The molecule has 0 saturated heterocycles. The van der Waals surface area contributed by atoms with E-state index in [2.05, 4.69) is 9.82 Å². The largest absolute Gasteiger partial charge is 0.326 e. The van der Waals surface area contributed by atoms with Crippen molar-refractivity contribution in [2.75, 3.05) is 6.54 Å². The quantitative estimate of drug-likeness (QED) is 0.836. The van der Waals surface area contributed by atoms with Crippen LogP contribution in [0.3, 0.4) is 0 Å². The van der Waals surface area contributed by atoms with Gasteiger partial charge in [0.2, 0.25) is 10.0 Å². The van der Waals surface area contributed by atoms with E-state index in [9.17, 15) is 8.42 Å². The molecule has 2 aromatic rings. The molecule has 21 heavy (non-hydrogen) atoms. The van der Waals surface area contributed by atoms with Crippen LogP contribution in [-0.4, -0.2) is 24.7 Å². The van der Waals surface area contributed by atoms with Crippen LogP contribution in [0.15, 0.2) is 35.5 Å². The Morgan fingerprint density at radius 1 is 1.43 bits per heavy atom. The van der Waals surface area contributed by atoms with Crippen LogP contribution in [0.1, 0.15) is 11.1 Å². The minimum atomic E-state index is -3.67. The fourth-order valence-electron chi connectivity index (χ4n) is 1.84. The van der Waals surface area contributed by atoms with Crippen molar-refractivity contribution in [2.45, 2.75) is 24.9 Å². The van der Waals surface area contributed by atoms with Crippen molar-refractivity contribution in [3.63, 3.8) is 0 Å². The summed E-state index contributed by atoms with van der Waals surface area (Å²) in [5.41, 5.74) is 7.26. The predicted molar refractivity (Wildman–Crippen MR) is 81.5 cm³/mol. The molecule has 0 atom stereocenters. The van der Waals surface area contributed by atoms with E-state index in [1.165, 1.54) is 12.1 Å². The maximum atomic E-state index is 12.3. The number of aromatic nitrogens is 2. The van der Waals surface area contributed by atoms with Gasteiger partial charge in [-0.05, 0) is 30.2 Å². The molecule has 0 aliphatic heterocycles. The lowest BCUT2D eigenvalue weighted by Gasteiger charge is -2.10. The second-order valence-corrected chi connectivity index (χ2v) is 6.79.